The third-order valence-electron chi connectivity index (χ3n) is 4.39. The van der Waals surface area contributed by atoms with E-state index in [9.17, 15) is 14.4 Å². The first kappa shape index (κ1) is 21.2. The normalized spacial score (nSPS) is 10.5. The van der Waals surface area contributed by atoms with Crippen molar-refractivity contribution in [2.45, 2.75) is 41.5 Å². The van der Waals surface area contributed by atoms with Crippen LogP contribution in [0.25, 0.3) is 0 Å². The standard InChI is InChI=1S/C21H25NO6/c1-7-26-21(25)18-17(14(5)23)15(6)28-20(18)22-16(24)10-27-19-12(3)9-8-11(2)13(19)4/h8-9H,7,10H2,1-6H3,(H,22,24). The van der Waals surface area contributed by atoms with Gasteiger partial charge in [-0.15, -0.1) is 0 Å². The van der Waals surface area contributed by atoms with Gasteiger partial charge in [0.25, 0.3) is 5.91 Å². The average Bonchev–Trinajstić information content (AvgIpc) is 2.94. The fourth-order valence-electron chi connectivity index (χ4n) is 2.90. The zero-order chi connectivity index (χ0) is 21.0. The molecule has 0 aliphatic carbocycles. The number of ether oxygens (including phenoxy) is 2. The third kappa shape index (κ3) is 4.42. The van der Waals surface area contributed by atoms with Crippen molar-refractivity contribution in [3.8, 4) is 5.75 Å². The molecule has 0 radical (unpaired) electrons. The number of hydrogen-bond donors (Lipinski definition) is 1. The molecule has 0 spiro atoms. The van der Waals surface area contributed by atoms with Crippen molar-refractivity contribution in [1.29, 1.82) is 0 Å². The zero-order valence-electron chi connectivity index (χ0n) is 17.0. The molecule has 0 unspecified atom stereocenters. The summed E-state index contributed by atoms with van der Waals surface area (Å²) in [5, 5.41) is 2.51. The quantitative estimate of drug-likeness (QED) is 0.572. The Hall–Kier alpha value is -3.09. The number of aryl methyl sites for hydroxylation is 3. The van der Waals surface area contributed by atoms with E-state index < -0.39 is 11.9 Å². The van der Waals surface area contributed by atoms with Crippen molar-refractivity contribution >= 4 is 23.5 Å². The summed E-state index contributed by atoms with van der Waals surface area (Å²) in [6.45, 7) is 10.1. The number of rotatable bonds is 7. The zero-order valence-corrected chi connectivity index (χ0v) is 17.0. The van der Waals surface area contributed by atoms with E-state index in [1.54, 1.807) is 13.8 Å². The lowest BCUT2D eigenvalue weighted by molar-refractivity contribution is -0.118. The van der Waals surface area contributed by atoms with E-state index in [1.807, 2.05) is 32.9 Å². The van der Waals surface area contributed by atoms with E-state index in [2.05, 4.69) is 5.32 Å². The van der Waals surface area contributed by atoms with Gasteiger partial charge in [-0.25, -0.2) is 4.79 Å². The van der Waals surface area contributed by atoms with Crippen LogP contribution in [0, 0.1) is 27.7 Å². The van der Waals surface area contributed by atoms with Crippen LogP contribution in [0.15, 0.2) is 16.5 Å². The molecular formula is C21H25NO6. The van der Waals surface area contributed by atoms with Crippen LogP contribution in [0.4, 0.5) is 5.88 Å². The number of amides is 1. The number of nitrogens with one attached hydrogen (secondary N) is 1. The van der Waals surface area contributed by atoms with Crippen LogP contribution in [0.5, 0.6) is 5.75 Å². The van der Waals surface area contributed by atoms with Crippen LogP contribution in [0.1, 0.15) is 57.0 Å². The van der Waals surface area contributed by atoms with Gasteiger partial charge < -0.3 is 13.9 Å². The second kappa shape index (κ2) is 8.73. The molecule has 0 bridgehead atoms. The van der Waals surface area contributed by atoms with Crippen LogP contribution in [-0.4, -0.2) is 30.9 Å². The second-order valence-corrected chi connectivity index (χ2v) is 6.50. The van der Waals surface area contributed by atoms with Gasteiger partial charge in [-0.3, -0.25) is 14.9 Å². The monoisotopic (exact) mass is 387 g/mol. The molecule has 0 aliphatic heterocycles. The van der Waals surface area contributed by atoms with Gasteiger partial charge >= 0.3 is 5.97 Å². The summed E-state index contributed by atoms with van der Waals surface area (Å²) in [5.41, 5.74) is 2.94. The van der Waals surface area contributed by atoms with Crippen LogP contribution in [0.2, 0.25) is 0 Å². The number of anilines is 1. The van der Waals surface area contributed by atoms with Crippen molar-refractivity contribution < 1.29 is 28.3 Å². The second-order valence-electron chi connectivity index (χ2n) is 6.50. The Morgan fingerprint density at radius 2 is 1.68 bits per heavy atom. The summed E-state index contributed by atoms with van der Waals surface area (Å²) in [4.78, 5) is 36.6. The smallest absolute Gasteiger partial charge is 0.344 e. The van der Waals surface area contributed by atoms with Crippen molar-refractivity contribution in [3.63, 3.8) is 0 Å². The van der Waals surface area contributed by atoms with E-state index in [0.717, 1.165) is 16.7 Å². The van der Waals surface area contributed by atoms with Gasteiger partial charge in [-0.1, -0.05) is 12.1 Å². The van der Waals surface area contributed by atoms with Gasteiger partial charge in [-0.05, 0) is 58.2 Å². The largest absolute Gasteiger partial charge is 0.483 e. The Balaban J connectivity index is 2.23. The predicted octanol–water partition coefficient (Wildman–Crippen LogP) is 3.91. The Kier molecular flexibility index (Phi) is 6.62. The third-order valence-corrected chi connectivity index (χ3v) is 4.39. The van der Waals surface area contributed by atoms with Gasteiger partial charge in [0.05, 0.1) is 12.2 Å². The molecule has 1 heterocycles. The fraction of sp³-hybridized carbons (Fsp3) is 0.381. The first-order valence-electron chi connectivity index (χ1n) is 8.98. The predicted molar refractivity (Wildman–Crippen MR) is 104 cm³/mol. The first-order chi connectivity index (χ1) is 13.2. The number of carbonyl (C=O) groups excluding carboxylic acids is 3. The molecule has 1 aromatic carbocycles. The molecule has 7 heteroatoms. The van der Waals surface area contributed by atoms with Gasteiger partial charge in [0.2, 0.25) is 5.88 Å². The van der Waals surface area contributed by atoms with Crippen LogP contribution >= 0.6 is 0 Å². The fourth-order valence-corrected chi connectivity index (χ4v) is 2.90. The summed E-state index contributed by atoms with van der Waals surface area (Å²) >= 11 is 0. The average molecular weight is 387 g/mol. The molecule has 28 heavy (non-hydrogen) atoms. The molecule has 1 aromatic heterocycles. The lowest BCUT2D eigenvalue weighted by Crippen LogP contribution is -2.22. The van der Waals surface area contributed by atoms with Crippen molar-refractivity contribution in [2.24, 2.45) is 0 Å². The molecule has 0 saturated carbocycles. The minimum absolute atomic E-state index is 0.0804. The Bertz CT molecular complexity index is 925. The lowest BCUT2D eigenvalue weighted by Gasteiger charge is -2.13. The van der Waals surface area contributed by atoms with E-state index in [-0.39, 0.29) is 41.8 Å². The topological polar surface area (TPSA) is 94.8 Å². The van der Waals surface area contributed by atoms with Gasteiger partial charge in [-0.2, -0.15) is 0 Å². The maximum atomic E-state index is 12.4. The maximum absolute atomic E-state index is 12.4. The summed E-state index contributed by atoms with van der Waals surface area (Å²) in [5.74, 6) is -0.849. The molecule has 150 valence electrons. The van der Waals surface area contributed by atoms with Crippen LogP contribution < -0.4 is 10.1 Å². The van der Waals surface area contributed by atoms with Crippen molar-refractivity contribution in [2.75, 3.05) is 18.5 Å². The number of hydrogen-bond acceptors (Lipinski definition) is 6. The molecule has 0 saturated heterocycles. The van der Waals surface area contributed by atoms with Crippen molar-refractivity contribution in [3.05, 3.63) is 45.7 Å². The minimum atomic E-state index is -0.730. The van der Waals surface area contributed by atoms with Gasteiger partial charge in [0.1, 0.15) is 17.1 Å². The summed E-state index contributed by atoms with van der Waals surface area (Å²) in [6.07, 6.45) is 0. The number of carbonyl (C=O) groups is 3. The van der Waals surface area contributed by atoms with Crippen molar-refractivity contribution in [1.82, 2.24) is 0 Å². The highest BCUT2D eigenvalue weighted by Gasteiger charge is 2.28. The van der Waals surface area contributed by atoms with Gasteiger partial charge in [0, 0.05) is 0 Å². The number of benzene rings is 1. The molecule has 7 nitrogen and oxygen atoms in total. The number of Topliss-reactive ketones (excluding diaryl/α,β-unsaturated/α-hetero) is 1. The summed E-state index contributed by atoms with van der Waals surface area (Å²) in [6, 6.07) is 3.90. The molecule has 1 N–H and O–H groups in total. The SMILES string of the molecule is CCOC(=O)c1c(NC(=O)COc2c(C)ccc(C)c2C)oc(C)c1C(C)=O. The Labute approximate surface area is 164 Å². The Morgan fingerprint density at radius 1 is 1.04 bits per heavy atom. The van der Waals surface area contributed by atoms with E-state index in [4.69, 9.17) is 13.9 Å². The molecule has 2 aromatic rings. The molecule has 1 amide bonds. The van der Waals surface area contributed by atoms with Crippen LogP contribution in [-0.2, 0) is 9.53 Å². The molecule has 0 atom stereocenters. The molecule has 0 aliphatic rings. The molecular weight excluding hydrogens is 362 g/mol. The lowest BCUT2D eigenvalue weighted by atomic mass is 10.1. The Morgan fingerprint density at radius 3 is 2.29 bits per heavy atom. The number of esters is 1. The highest BCUT2D eigenvalue weighted by molar-refractivity contribution is 6.10. The van der Waals surface area contributed by atoms with E-state index in [0.29, 0.717) is 5.75 Å². The first-order valence-corrected chi connectivity index (χ1v) is 8.98. The van der Waals surface area contributed by atoms with Crippen LogP contribution in [0.3, 0.4) is 0 Å². The van der Waals surface area contributed by atoms with E-state index in [1.165, 1.54) is 6.92 Å². The number of furan rings is 1. The summed E-state index contributed by atoms with van der Waals surface area (Å²) in [7, 11) is 0. The maximum Gasteiger partial charge on any atom is 0.344 e. The highest BCUT2D eigenvalue weighted by Crippen LogP contribution is 2.29. The van der Waals surface area contributed by atoms with Gasteiger partial charge in [0.15, 0.2) is 12.4 Å². The molecule has 2 rings (SSSR count). The summed E-state index contributed by atoms with van der Waals surface area (Å²) < 4.78 is 16.1. The minimum Gasteiger partial charge on any atom is -0.483 e. The number of ketones is 1. The van der Waals surface area contributed by atoms with E-state index >= 15 is 0 Å². The molecule has 0 fully saturated rings. The highest BCUT2D eigenvalue weighted by atomic mass is 16.5.